The van der Waals surface area contributed by atoms with Gasteiger partial charge in [-0.15, -0.1) is 0 Å². The van der Waals surface area contributed by atoms with Crippen LogP contribution in [0.2, 0.25) is 0 Å². The second-order valence-electron chi connectivity index (χ2n) is 6.11. The summed E-state index contributed by atoms with van der Waals surface area (Å²) in [6, 6.07) is 6.62. The van der Waals surface area contributed by atoms with Crippen LogP contribution in [-0.2, 0) is 0 Å². The summed E-state index contributed by atoms with van der Waals surface area (Å²) in [4.78, 5) is 29.0. The maximum Gasteiger partial charge on any atom is 0.270 e. The van der Waals surface area contributed by atoms with Crippen LogP contribution in [0.4, 0.5) is 4.39 Å². The predicted molar refractivity (Wildman–Crippen MR) is 92.0 cm³/mol. The molecule has 0 saturated heterocycles. The minimum Gasteiger partial charge on any atom is -0.336 e. The third-order valence-corrected chi connectivity index (χ3v) is 3.87. The molecule has 0 radical (unpaired) electrons. The zero-order chi connectivity index (χ0) is 18.8. The summed E-state index contributed by atoms with van der Waals surface area (Å²) in [6.07, 6.45) is 0. The van der Waals surface area contributed by atoms with Gasteiger partial charge >= 0.3 is 0 Å². The standard InChI is InChI=1S/C18H17FN4O3/c1-9(2)14-8-13(15-10(3)23-26-18(15)20-14)17(25)22-21-16(24)11-4-6-12(19)7-5-11/h4-9H,1-3H3,(H,21,24)(H,22,25). The zero-order valence-corrected chi connectivity index (χ0v) is 14.5. The number of nitrogens with one attached hydrogen (secondary N) is 2. The van der Waals surface area contributed by atoms with Crippen LogP contribution in [0.15, 0.2) is 34.9 Å². The molecule has 1 aromatic carbocycles. The molecule has 2 heterocycles. The van der Waals surface area contributed by atoms with E-state index in [9.17, 15) is 14.0 Å². The number of carbonyl (C=O) groups excluding carboxylic acids is 2. The Kier molecular flexibility index (Phi) is 4.66. The first kappa shape index (κ1) is 17.5. The number of carbonyl (C=O) groups is 2. The molecule has 0 bridgehead atoms. The number of hydrazine groups is 1. The SMILES string of the molecule is Cc1noc2nc(C(C)C)cc(C(=O)NNC(=O)c3ccc(F)cc3)c12. The quantitative estimate of drug-likeness (QED) is 0.703. The first-order chi connectivity index (χ1) is 12.4. The number of amides is 2. The minimum absolute atomic E-state index is 0.0742. The van der Waals surface area contributed by atoms with Crippen LogP contribution in [0.25, 0.3) is 11.1 Å². The first-order valence-electron chi connectivity index (χ1n) is 8.00. The third kappa shape index (κ3) is 3.39. The fourth-order valence-corrected chi connectivity index (χ4v) is 2.44. The topological polar surface area (TPSA) is 97.1 Å². The van der Waals surface area contributed by atoms with Crippen molar-refractivity contribution >= 4 is 22.9 Å². The van der Waals surface area contributed by atoms with Gasteiger partial charge in [0, 0.05) is 11.3 Å². The van der Waals surface area contributed by atoms with E-state index >= 15 is 0 Å². The van der Waals surface area contributed by atoms with Gasteiger partial charge in [0.25, 0.3) is 17.5 Å². The van der Waals surface area contributed by atoms with Crippen molar-refractivity contribution in [1.82, 2.24) is 21.0 Å². The summed E-state index contributed by atoms with van der Waals surface area (Å²) < 4.78 is 18.1. The number of pyridine rings is 1. The molecule has 7 nitrogen and oxygen atoms in total. The number of nitrogens with zero attached hydrogens (tertiary/aromatic N) is 2. The van der Waals surface area contributed by atoms with Crippen LogP contribution >= 0.6 is 0 Å². The molecule has 134 valence electrons. The Morgan fingerprint density at radius 3 is 2.42 bits per heavy atom. The van der Waals surface area contributed by atoms with Gasteiger partial charge in [-0.3, -0.25) is 20.4 Å². The van der Waals surface area contributed by atoms with Crippen LogP contribution in [0.3, 0.4) is 0 Å². The average molecular weight is 356 g/mol. The fourth-order valence-electron chi connectivity index (χ4n) is 2.44. The highest BCUT2D eigenvalue weighted by molar-refractivity contribution is 6.07. The maximum absolute atomic E-state index is 12.9. The highest BCUT2D eigenvalue weighted by Crippen LogP contribution is 2.24. The van der Waals surface area contributed by atoms with Crippen molar-refractivity contribution in [1.29, 1.82) is 0 Å². The van der Waals surface area contributed by atoms with E-state index in [1.807, 2.05) is 13.8 Å². The van der Waals surface area contributed by atoms with Gasteiger partial charge in [-0.05, 0) is 43.2 Å². The van der Waals surface area contributed by atoms with Crippen LogP contribution < -0.4 is 10.9 Å². The molecule has 0 saturated carbocycles. The van der Waals surface area contributed by atoms with E-state index in [2.05, 4.69) is 21.0 Å². The van der Waals surface area contributed by atoms with E-state index in [1.54, 1.807) is 13.0 Å². The summed E-state index contributed by atoms with van der Waals surface area (Å²) in [6.45, 7) is 5.58. The minimum atomic E-state index is -0.560. The van der Waals surface area contributed by atoms with Crippen molar-refractivity contribution < 1.29 is 18.5 Å². The number of hydrogen-bond acceptors (Lipinski definition) is 5. The molecule has 0 aliphatic heterocycles. The second kappa shape index (κ2) is 6.91. The number of rotatable bonds is 3. The first-order valence-corrected chi connectivity index (χ1v) is 8.00. The van der Waals surface area contributed by atoms with Crippen molar-refractivity contribution in [2.45, 2.75) is 26.7 Å². The van der Waals surface area contributed by atoms with E-state index in [-0.39, 0.29) is 17.2 Å². The molecule has 2 aromatic heterocycles. The molecule has 2 amide bonds. The molecule has 0 atom stereocenters. The lowest BCUT2D eigenvalue weighted by molar-refractivity contribution is 0.0847. The smallest absolute Gasteiger partial charge is 0.270 e. The number of hydrogen-bond donors (Lipinski definition) is 2. The lowest BCUT2D eigenvalue weighted by Gasteiger charge is -2.10. The Balaban J connectivity index is 1.84. The monoisotopic (exact) mass is 356 g/mol. The van der Waals surface area contributed by atoms with Gasteiger partial charge in [0.05, 0.1) is 16.6 Å². The van der Waals surface area contributed by atoms with Crippen molar-refractivity contribution in [2.75, 3.05) is 0 Å². The largest absolute Gasteiger partial charge is 0.336 e. The van der Waals surface area contributed by atoms with Crippen LogP contribution in [0.1, 0.15) is 51.9 Å². The van der Waals surface area contributed by atoms with Crippen LogP contribution in [0.5, 0.6) is 0 Å². The van der Waals surface area contributed by atoms with E-state index in [0.717, 1.165) is 0 Å². The van der Waals surface area contributed by atoms with E-state index < -0.39 is 17.6 Å². The number of aryl methyl sites for hydroxylation is 1. The number of benzene rings is 1. The van der Waals surface area contributed by atoms with E-state index in [1.165, 1.54) is 24.3 Å². The van der Waals surface area contributed by atoms with Crippen LogP contribution in [-0.4, -0.2) is 22.0 Å². The molecular weight excluding hydrogens is 339 g/mol. The molecule has 0 spiro atoms. The molecule has 0 fully saturated rings. The molecule has 8 heteroatoms. The number of aromatic nitrogens is 2. The van der Waals surface area contributed by atoms with Crippen molar-refractivity contribution in [3.05, 3.63) is 58.7 Å². The summed E-state index contributed by atoms with van der Waals surface area (Å²) >= 11 is 0. The molecule has 0 unspecified atom stereocenters. The van der Waals surface area contributed by atoms with Crippen LogP contribution in [0, 0.1) is 12.7 Å². The summed E-state index contributed by atoms with van der Waals surface area (Å²) in [5.41, 5.74) is 6.65. The molecule has 26 heavy (non-hydrogen) atoms. The van der Waals surface area contributed by atoms with E-state index in [4.69, 9.17) is 4.52 Å². The Morgan fingerprint density at radius 1 is 1.12 bits per heavy atom. The highest BCUT2D eigenvalue weighted by Gasteiger charge is 2.20. The van der Waals surface area contributed by atoms with E-state index in [0.29, 0.717) is 22.3 Å². The lowest BCUT2D eigenvalue weighted by Crippen LogP contribution is -2.41. The Hall–Kier alpha value is -3.29. The molecular formula is C18H17FN4O3. The summed E-state index contributed by atoms with van der Waals surface area (Å²) in [7, 11) is 0. The van der Waals surface area contributed by atoms with Crippen molar-refractivity contribution in [3.8, 4) is 0 Å². The Morgan fingerprint density at radius 2 is 1.77 bits per heavy atom. The average Bonchev–Trinajstić information content (AvgIpc) is 3.00. The van der Waals surface area contributed by atoms with Gasteiger partial charge < -0.3 is 4.52 Å². The second-order valence-corrected chi connectivity index (χ2v) is 6.11. The van der Waals surface area contributed by atoms with Gasteiger partial charge in [0.15, 0.2) is 0 Å². The summed E-state index contributed by atoms with van der Waals surface area (Å²) in [5.74, 6) is -1.46. The molecule has 3 aromatic rings. The van der Waals surface area contributed by atoms with Gasteiger partial charge in [-0.1, -0.05) is 19.0 Å². The molecule has 2 N–H and O–H groups in total. The fraction of sp³-hybridized carbons (Fsp3) is 0.222. The van der Waals surface area contributed by atoms with Gasteiger partial charge in [0.1, 0.15) is 5.82 Å². The lowest BCUT2D eigenvalue weighted by atomic mass is 10.0. The molecule has 0 aliphatic rings. The predicted octanol–water partition coefficient (Wildman–Crippen LogP) is 2.87. The number of fused-ring (bicyclic) bond motifs is 1. The Bertz CT molecular complexity index is 980. The molecule has 3 rings (SSSR count). The van der Waals surface area contributed by atoms with Crippen molar-refractivity contribution in [3.63, 3.8) is 0 Å². The Labute approximate surface area is 148 Å². The number of halogens is 1. The van der Waals surface area contributed by atoms with Crippen molar-refractivity contribution in [2.24, 2.45) is 0 Å². The van der Waals surface area contributed by atoms with Gasteiger partial charge in [-0.25, -0.2) is 9.37 Å². The summed E-state index contributed by atoms with van der Waals surface area (Å²) in [5, 5.41) is 4.34. The van der Waals surface area contributed by atoms with Gasteiger partial charge in [0.2, 0.25) is 0 Å². The van der Waals surface area contributed by atoms with Gasteiger partial charge in [-0.2, -0.15) is 0 Å². The third-order valence-electron chi connectivity index (χ3n) is 3.87. The maximum atomic E-state index is 12.9. The zero-order valence-electron chi connectivity index (χ0n) is 14.5. The molecule has 0 aliphatic carbocycles. The normalized spacial score (nSPS) is 11.0. The highest BCUT2D eigenvalue weighted by atomic mass is 19.1.